The van der Waals surface area contributed by atoms with Crippen LogP contribution in [0.15, 0.2) is 30.3 Å². The summed E-state index contributed by atoms with van der Waals surface area (Å²) in [5.41, 5.74) is 1.35. The second-order valence-corrected chi connectivity index (χ2v) is 8.29. The number of hydrogen-bond donors (Lipinski definition) is 2. The van der Waals surface area contributed by atoms with Crippen molar-refractivity contribution in [3.8, 4) is 0 Å². The Morgan fingerprint density at radius 2 is 2.04 bits per heavy atom. The molecule has 0 spiro atoms. The zero-order valence-electron chi connectivity index (χ0n) is 14.9. The minimum Gasteiger partial charge on any atom is -0.337 e. The number of urea groups is 1. The predicted molar refractivity (Wildman–Crippen MR) is 103 cm³/mol. The van der Waals surface area contributed by atoms with Crippen molar-refractivity contribution in [2.24, 2.45) is 5.92 Å². The fourth-order valence-electron chi connectivity index (χ4n) is 3.46. The standard InChI is InChI=1S/C19H25N5OS/c25-18(21-19-23-22-17(26-19)16-8-9-16)20-11-15-7-4-10-24(13-15)12-14-5-2-1-3-6-14/h1-3,5-6,15-16H,4,7-13H2,(H2,20,21,23,25). The van der Waals surface area contributed by atoms with E-state index in [9.17, 15) is 4.79 Å². The minimum atomic E-state index is -0.177. The van der Waals surface area contributed by atoms with Gasteiger partial charge in [0.05, 0.1) is 0 Å². The van der Waals surface area contributed by atoms with E-state index in [0.29, 0.717) is 23.5 Å². The Bertz CT molecular complexity index is 731. The molecular weight excluding hydrogens is 346 g/mol. The van der Waals surface area contributed by atoms with Crippen molar-refractivity contribution in [1.29, 1.82) is 0 Å². The number of piperidine rings is 1. The minimum absolute atomic E-state index is 0.177. The van der Waals surface area contributed by atoms with Gasteiger partial charge in [0.15, 0.2) is 0 Å². The summed E-state index contributed by atoms with van der Waals surface area (Å²) in [6.07, 6.45) is 4.74. The molecule has 26 heavy (non-hydrogen) atoms. The van der Waals surface area contributed by atoms with E-state index in [0.717, 1.165) is 31.1 Å². The van der Waals surface area contributed by atoms with Gasteiger partial charge in [-0.2, -0.15) is 0 Å². The summed E-state index contributed by atoms with van der Waals surface area (Å²) in [6.45, 7) is 3.84. The molecule has 2 aromatic rings. The maximum atomic E-state index is 12.1. The van der Waals surface area contributed by atoms with Gasteiger partial charge in [0, 0.05) is 25.6 Å². The average Bonchev–Trinajstić information content (AvgIpc) is 3.41. The van der Waals surface area contributed by atoms with Crippen molar-refractivity contribution >= 4 is 22.5 Å². The fraction of sp³-hybridized carbons (Fsp3) is 0.526. The second-order valence-electron chi connectivity index (χ2n) is 7.28. The van der Waals surface area contributed by atoms with Gasteiger partial charge in [0.1, 0.15) is 5.01 Å². The van der Waals surface area contributed by atoms with E-state index in [1.807, 2.05) is 0 Å². The zero-order chi connectivity index (χ0) is 17.8. The molecule has 138 valence electrons. The monoisotopic (exact) mass is 371 g/mol. The molecule has 1 saturated heterocycles. The third-order valence-electron chi connectivity index (χ3n) is 4.99. The summed E-state index contributed by atoms with van der Waals surface area (Å²) in [5.74, 6) is 1.07. The number of anilines is 1. The molecule has 4 rings (SSSR count). The van der Waals surface area contributed by atoms with Gasteiger partial charge in [0.25, 0.3) is 0 Å². The van der Waals surface area contributed by atoms with Gasteiger partial charge in [-0.05, 0) is 43.7 Å². The highest BCUT2D eigenvalue weighted by Gasteiger charge is 2.28. The maximum Gasteiger partial charge on any atom is 0.321 e. The Kier molecular flexibility index (Phi) is 5.45. The van der Waals surface area contributed by atoms with Crippen molar-refractivity contribution in [3.05, 3.63) is 40.9 Å². The molecule has 1 aliphatic carbocycles. The SMILES string of the molecule is O=C(NCC1CCCN(Cc2ccccc2)C1)Nc1nnc(C2CC2)s1. The van der Waals surface area contributed by atoms with Crippen molar-refractivity contribution in [3.63, 3.8) is 0 Å². The second kappa shape index (κ2) is 8.14. The lowest BCUT2D eigenvalue weighted by Gasteiger charge is -2.32. The van der Waals surface area contributed by atoms with Crippen LogP contribution in [0.3, 0.4) is 0 Å². The molecular formula is C19H25N5OS. The van der Waals surface area contributed by atoms with Crippen LogP contribution in [-0.4, -0.2) is 40.8 Å². The number of rotatable bonds is 6. The van der Waals surface area contributed by atoms with E-state index in [-0.39, 0.29) is 6.03 Å². The zero-order valence-corrected chi connectivity index (χ0v) is 15.7. The first-order chi connectivity index (χ1) is 12.8. The van der Waals surface area contributed by atoms with Crippen LogP contribution in [0.4, 0.5) is 9.93 Å². The summed E-state index contributed by atoms with van der Waals surface area (Å²) in [5, 5.41) is 15.7. The molecule has 1 aromatic heterocycles. The third-order valence-corrected chi connectivity index (χ3v) is 5.99. The Labute approximate surface area is 158 Å². The lowest BCUT2D eigenvalue weighted by Crippen LogP contribution is -2.41. The molecule has 7 heteroatoms. The highest BCUT2D eigenvalue weighted by Crippen LogP contribution is 2.42. The topological polar surface area (TPSA) is 70.2 Å². The number of benzene rings is 1. The van der Waals surface area contributed by atoms with Crippen molar-refractivity contribution < 1.29 is 4.79 Å². The van der Waals surface area contributed by atoms with E-state index in [2.05, 4.69) is 56.1 Å². The molecule has 0 radical (unpaired) electrons. The van der Waals surface area contributed by atoms with Crippen molar-refractivity contribution in [1.82, 2.24) is 20.4 Å². The van der Waals surface area contributed by atoms with E-state index in [1.54, 1.807) is 0 Å². The molecule has 1 unspecified atom stereocenters. The first kappa shape index (κ1) is 17.4. The van der Waals surface area contributed by atoms with Gasteiger partial charge in [-0.25, -0.2) is 4.79 Å². The Morgan fingerprint density at radius 1 is 1.19 bits per heavy atom. The number of carbonyl (C=O) groups excluding carboxylic acids is 1. The summed E-state index contributed by atoms with van der Waals surface area (Å²) in [7, 11) is 0. The third kappa shape index (κ3) is 4.80. The van der Waals surface area contributed by atoms with Crippen LogP contribution in [0.2, 0.25) is 0 Å². The van der Waals surface area contributed by atoms with Gasteiger partial charge in [-0.1, -0.05) is 41.7 Å². The molecule has 0 bridgehead atoms. The lowest BCUT2D eigenvalue weighted by molar-refractivity contribution is 0.166. The molecule has 2 amide bonds. The number of hydrogen-bond acceptors (Lipinski definition) is 5. The van der Waals surface area contributed by atoms with Crippen LogP contribution >= 0.6 is 11.3 Å². The Hall–Kier alpha value is -1.99. The lowest BCUT2D eigenvalue weighted by atomic mass is 9.97. The molecule has 1 saturated carbocycles. The van der Waals surface area contributed by atoms with Crippen LogP contribution < -0.4 is 10.6 Å². The highest BCUT2D eigenvalue weighted by atomic mass is 32.1. The molecule has 2 N–H and O–H groups in total. The predicted octanol–water partition coefficient (Wildman–Crippen LogP) is 3.45. The van der Waals surface area contributed by atoms with E-state index >= 15 is 0 Å². The normalized spacial score (nSPS) is 20.7. The number of nitrogens with zero attached hydrogens (tertiary/aromatic N) is 3. The molecule has 2 heterocycles. The summed E-state index contributed by atoms with van der Waals surface area (Å²) in [6, 6.07) is 10.4. The van der Waals surface area contributed by atoms with E-state index < -0.39 is 0 Å². The van der Waals surface area contributed by atoms with Crippen LogP contribution in [0.1, 0.15) is 42.2 Å². The Balaban J connectivity index is 1.21. The van der Waals surface area contributed by atoms with Crippen LogP contribution in [0.25, 0.3) is 0 Å². The average molecular weight is 372 g/mol. The molecule has 1 aliphatic heterocycles. The molecule has 1 atom stereocenters. The largest absolute Gasteiger partial charge is 0.337 e. The van der Waals surface area contributed by atoms with Crippen LogP contribution in [0, 0.1) is 5.92 Å². The maximum absolute atomic E-state index is 12.1. The van der Waals surface area contributed by atoms with Gasteiger partial charge in [-0.3, -0.25) is 10.2 Å². The van der Waals surface area contributed by atoms with Gasteiger partial charge >= 0.3 is 6.03 Å². The first-order valence-corrected chi connectivity index (χ1v) is 10.2. The number of nitrogens with one attached hydrogen (secondary N) is 2. The number of amides is 2. The molecule has 2 fully saturated rings. The van der Waals surface area contributed by atoms with Crippen LogP contribution in [0.5, 0.6) is 0 Å². The quantitative estimate of drug-likeness (QED) is 0.816. The number of aromatic nitrogens is 2. The molecule has 1 aromatic carbocycles. The summed E-state index contributed by atoms with van der Waals surface area (Å²) >= 11 is 1.49. The van der Waals surface area contributed by atoms with Gasteiger partial charge in [0.2, 0.25) is 5.13 Å². The molecule has 6 nitrogen and oxygen atoms in total. The number of likely N-dealkylation sites (tertiary alicyclic amines) is 1. The van der Waals surface area contributed by atoms with Crippen LogP contribution in [-0.2, 0) is 6.54 Å². The smallest absolute Gasteiger partial charge is 0.321 e. The van der Waals surface area contributed by atoms with Crippen molar-refractivity contribution in [2.45, 2.75) is 38.1 Å². The first-order valence-electron chi connectivity index (χ1n) is 9.41. The van der Waals surface area contributed by atoms with Gasteiger partial charge < -0.3 is 5.32 Å². The van der Waals surface area contributed by atoms with Gasteiger partial charge in [-0.15, -0.1) is 10.2 Å². The number of carbonyl (C=O) groups is 1. The fourth-order valence-corrected chi connectivity index (χ4v) is 4.37. The molecule has 2 aliphatic rings. The van der Waals surface area contributed by atoms with Crippen molar-refractivity contribution in [2.75, 3.05) is 25.0 Å². The summed E-state index contributed by atoms with van der Waals surface area (Å²) < 4.78 is 0. The van der Waals surface area contributed by atoms with E-state index in [4.69, 9.17) is 0 Å². The summed E-state index contributed by atoms with van der Waals surface area (Å²) in [4.78, 5) is 14.6. The van der Waals surface area contributed by atoms with E-state index in [1.165, 1.54) is 36.2 Å². The Morgan fingerprint density at radius 3 is 2.85 bits per heavy atom. The highest BCUT2D eigenvalue weighted by molar-refractivity contribution is 7.15.